The van der Waals surface area contributed by atoms with Crippen molar-refractivity contribution in [3.05, 3.63) is 52.3 Å². The van der Waals surface area contributed by atoms with Gasteiger partial charge in [-0.2, -0.15) is 18.3 Å². The Morgan fingerprint density at radius 1 is 1.38 bits per heavy atom. The third-order valence-corrected chi connectivity index (χ3v) is 4.23. The lowest BCUT2D eigenvalue weighted by molar-refractivity contribution is -0.142. The van der Waals surface area contributed by atoms with Crippen LogP contribution in [0, 0.1) is 0 Å². The topological polar surface area (TPSA) is 46.9 Å². The van der Waals surface area contributed by atoms with Crippen LogP contribution in [0.15, 0.2) is 30.5 Å². The fourth-order valence-electron chi connectivity index (χ4n) is 2.88. The fraction of sp³-hybridized carbons (Fsp3) is 0.375. The predicted molar refractivity (Wildman–Crippen MR) is 82.9 cm³/mol. The number of amides is 1. The molecule has 1 N–H and O–H groups in total. The van der Waals surface area contributed by atoms with E-state index in [0.29, 0.717) is 29.1 Å². The molecule has 0 saturated heterocycles. The highest BCUT2D eigenvalue weighted by atomic mass is 35.5. The van der Waals surface area contributed by atoms with Crippen molar-refractivity contribution in [2.24, 2.45) is 0 Å². The highest BCUT2D eigenvalue weighted by molar-refractivity contribution is 6.33. The number of benzene rings is 1. The van der Waals surface area contributed by atoms with Crippen LogP contribution >= 0.6 is 11.6 Å². The largest absolute Gasteiger partial charge is 0.408 e. The summed E-state index contributed by atoms with van der Waals surface area (Å²) >= 11 is 6.01. The first kappa shape index (κ1) is 16.8. The van der Waals surface area contributed by atoms with Crippen LogP contribution in [0.5, 0.6) is 0 Å². The molecule has 1 aromatic heterocycles. The van der Waals surface area contributed by atoms with Crippen LogP contribution in [-0.2, 0) is 13.0 Å². The first-order valence-electron chi connectivity index (χ1n) is 7.52. The van der Waals surface area contributed by atoms with Crippen molar-refractivity contribution in [3.8, 4) is 0 Å². The van der Waals surface area contributed by atoms with Gasteiger partial charge < -0.3 is 5.32 Å². The third kappa shape index (κ3) is 3.72. The monoisotopic (exact) mass is 357 g/mol. The van der Waals surface area contributed by atoms with Gasteiger partial charge in [-0.3, -0.25) is 9.48 Å². The summed E-state index contributed by atoms with van der Waals surface area (Å²) in [5.74, 6) is -0.358. The molecule has 0 unspecified atom stereocenters. The molecule has 0 fully saturated rings. The second kappa shape index (κ2) is 6.47. The minimum Gasteiger partial charge on any atom is -0.344 e. The average molecular weight is 358 g/mol. The summed E-state index contributed by atoms with van der Waals surface area (Å²) in [6.07, 6.45) is -0.850. The zero-order valence-electron chi connectivity index (χ0n) is 12.6. The Morgan fingerprint density at radius 2 is 2.12 bits per heavy atom. The number of hydrogen-bond donors (Lipinski definition) is 1. The van der Waals surface area contributed by atoms with Crippen molar-refractivity contribution in [1.29, 1.82) is 0 Å². The Morgan fingerprint density at radius 3 is 2.83 bits per heavy atom. The van der Waals surface area contributed by atoms with Crippen LogP contribution in [-0.4, -0.2) is 21.9 Å². The van der Waals surface area contributed by atoms with Gasteiger partial charge in [0.15, 0.2) is 0 Å². The highest BCUT2D eigenvalue weighted by Gasteiger charge is 2.31. The molecular formula is C16H15ClF3N3O. The number of nitrogens with zero attached hydrogens (tertiary/aromatic N) is 2. The van der Waals surface area contributed by atoms with Crippen molar-refractivity contribution in [2.75, 3.05) is 0 Å². The minimum absolute atomic E-state index is 0.327. The van der Waals surface area contributed by atoms with Crippen molar-refractivity contribution < 1.29 is 18.0 Å². The maximum Gasteiger partial charge on any atom is 0.408 e. The van der Waals surface area contributed by atoms with Gasteiger partial charge in [0.25, 0.3) is 5.91 Å². The molecule has 1 aliphatic rings. The Kier molecular flexibility index (Phi) is 4.54. The lowest BCUT2D eigenvalue weighted by atomic mass is 9.93. The van der Waals surface area contributed by atoms with Gasteiger partial charge in [0.1, 0.15) is 6.54 Å². The summed E-state index contributed by atoms with van der Waals surface area (Å²) in [7, 11) is 0. The van der Waals surface area contributed by atoms with E-state index in [9.17, 15) is 18.0 Å². The second-order valence-corrected chi connectivity index (χ2v) is 6.16. The van der Waals surface area contributed by atoms with Crippen LogP contribution < -0.4 is 5.32 Å². The molecule has 1 aliphatic carbocycles. The number of alkyl halides is 3. The van der Waals surface area contributed by atoms with Crippen molar-refractivity contribution in [1.82, 2.24) is 15.1 Å². The molecule has 4 nitrogen and oxygen atoms in total. The van der Waals surface area contributed by atoms with Gasteiger partial charge in [-0.25, -0.2) is 0 Å². The Balaban J connectivity index is 1.80. The molecule has 0 saturated carbocycles. The van der Waals surface area contributed by atoms with Gasteiger partial charge in [0.05, 0.1) is 22.3 Å². The van der Waals surface area contributed by atoms with Crippen LogP contribution in [0.2, 0.25) is 5.02 Å². The molecule has 0 bridgehead atoms. The summed E-state index contributed by atoms with van der Waals surface area (Å²) in [5.41, 5.74) is 1.59. The van der Waals surface area contributed by atoms with Gasteiger partial charge in [-0.15, -0.1) is 0 Å². The number of aryl methyl sites for hydroxylation is 1. The fourth-order valence-corrected chi connectivity index (χ4v) is 3.11. The summed E-state index contributed by atoms with van der Waals surface area (Å²) < 4.78 is 38.5. The number of nitrogens with one attached hydrogen (secondary N) is 1. The number of halogens is 4. The van der Waals surface area contributed by atoms with E-state index in [1.165, 1.54) is 6.20 Å². The molecule has 0 radical (unpaired) electrons. The molecule has 128 valence electrons. The molecular weight excluding hydrogens is 343 g/mol. The maximum atomic E-state index is 12.5. The third-order valence-electron chi connectivity index (χ3n) is 3.90. The Labute approximate surface area is 141 Å². The molecule has 1 amide bonds. The molecule has 1 heterocycles. The van der Waals surface area contributed by atoms with E-state index in [1.807, 2.05) is 0 Å². The van der Waals surface area contributed by atoms with Gasteiger partial charge in [-0.05, 0) is 37.0 Å². The van der Waals surface area contributed by atoms with Crippen LogP contribution in [0.4, 0.5) is 13.2 Å². The Bertz CT molecular complexity index is 757. The van der Waals surface area contributed by atoms with Crippen molar-refractivity contribution in [2.45, 2.75) is 38.0 Å². The van der Waals surface area contributed by atoms with Crippen molar-refractivity contribution in [3.63, 3.8) is 0 Å². The van der Waals surface area contributed by atoms with Crippen molar-refractivity contribution >= 4 is 17.5 Å². The number of carbonyl (C=O) groups excluding carboxylic acids is 1. The number of rotatable bonds is 3. The van der Waals surface area contributed by atoms with Gasteiger partial charge in [0, 0.05) is 6.20 Å². The predicted octanol–water partition coefficient (Wildman–Crippen LogP) is 3.91. The van der Waals surface area contributed by atoms with Gasteiger partial charge in [-0.1, -0.05) is 23.7 Å². The summed E-state index contributed by atoms with van der Waals surface area (Å²) in [4.78, 5) is 12.4. The molecule has 8 heteroatoms. The molecule has 0 aliphatic heterocycles. The molecule has 3 rings (SSSR count). The van der Waals surface area contributed by atoms with E-state index >= 15 is 0 Å². The molecule has 0 spiro atoms. The molecule has 1 aromatic carbocycles. The number of fused-ring (bicyclic) bond motifs is 1. The molecule has 24 heavy (non-hydrogen) atoms. The van der Waals surface area contributed by atoms with Crippen LogP contribution in [0.25, 0.3) is 0 Å². The zero-order valence-corrected chi connectivity index (χ0v) is 13.4. The summed E-state index contributed by atoms with van der Waals surface area (Å²) in [5, 5.41) is 7.19. The second-order valence-electron chi connectivity index (χ2n) is 5.75. The lowest BCUT2D eigenvalue weighted by Crippen LogP contribution is -2.31. The van der Waals surface area contributed by atoms with E-state index in [1.54, 1.807) is 24.3 Å². The smallest absolute Gasteiger partial charge is 0.344 e. The first-order chi connectivity index (χ1) is 11.3. The average Bonchev–Trinajstić information content (AvgIpc) is 2.88. The number of carbonyl (C=O) groups is 1. The number of aromatic nitrogens is 2. The van der Waals surface area contributed by atoms with Crippen LogP contribution in [0.1, 0.15) is 40.5 Å². The summed E-state index contributed by atoms with van der Waals surface area (Å²) in [6, 6.07) is 6.22. The highest BCUT2D eigenvalue weighted by Crippen LogP contribution is 2.30. The van der Waals surface area contributed by atoms with E-state index in [4.69, 9.17) is 11.6 Å². The summed E-state index contributed by atoms with van der Waals surface area (Å²) in [6.45, 7) is -1.13. The van der Waals surface area contributed by atoms with E-state index in [0.717, 1.165) is 16.7 Å². The van der Waals surface area contributed by atoms with Crippen LogP contribution in [0.3, 0.4) is 0 Å². The van der Waals surface area contributed by atoms with Gasteiger partial charge in [0.2, 0.25) is 0 Å². The van der Waals surface area contributed by atoms with Gasteiger partial charge >= 0.3 is 6.18 Å². The minimum atomic E-state index is -4.33. The zero-order chi connectivity index (χ0) is 17.3. The van der Waals surface area contributed by atoms with E-state index < -0.39 is 18.8 Å². The quantitative estimate of drug-likeness (QED) is 0.905. The molecule has 2 aromatic rings. The molecule has 1 atom stereocenters. The lowest BCUT2D eigenvalue weighted by Gasteiger charge is -2.22. The number of hydrogen-bond acceptors (Lipinski definition) is 2. The normalized spacial score (nSPS) is 17.4. The first-order valence-corrected chi connectivity index (χ1v) is 7.89. The van der Waals surface area contributed by atoms with E-state index in [-0.39, 0.29) is 5.91 Å². The maximum absolute atomic E-state index is 12.5. The Hall–Kier alpha value is -2.02. The standard InChI is InChI=1S/C16H15ClF3N3O/c17-12-6-2-1-5-11(12)15(24)21-13-7-3-4-10-8-23(22-14(10)13)9-16(18,19)20/h1-2,5-6,8,13H,3-4,7,9H2,(H,21,24)/t13-/m1/s1. The SMILES string of the molecule is O=C(N[C@@H]1CCCc2cn(CC(F)(F)F)nc21)c1ccccc1Cl. The van der Waals surface area contributed by atoms with E-state index in [2.05, 4.69) is 10.4 Å².